The summed E-state index contributed by atoms with van der Waals surface area (Å²) in [4.78, 5) is 20.8. The summed E-state index contributed by atoms with van der Waals surface area (Å²) in [5, 5.41) is 13.8. The zero-order valence-corrected chi connectivity index (χ0v) is 26.8. The maximum atomic E-state index is 9.88. The van der Waals surface area contributed by atoms with Crippen LogP contribution in [0.3, 0.4) is 0 Å². The molecule has 232 valence electrons. The van der Waals surface area contributed by atoms with Crippen LogP contribution in [0.2, 0.25) is 0 Å². The smallest absolute Gasteiger partial charge is 0.161 e. The number of hydrogen-bond acceptors (Lipinski definition) is 5. The lowest BCUT2D eigenvalue weighted by Crippen LogP contribution is -1.99. The summed E-state index contributed by atoms with van der Waals surface area (Å²) in [6.07, 6.45) is 0. The van der Waals surface area contributed by atoms with Crippen LogP contribution < -0.4 is 0 Å². The van der Waals surface area contributed by atoms with Crippen molar-refractivity contribution in [2.75, 3.05) is 0 Å². The Morgan fingerprint density at radius 1 is 0.380 bits per heavy atom. The quantitative estimate of drug-likeness (QED) is 0.188. The Balaban J connectivity index is 1.30. The second-order valence-electron chi connectivity index (χ2n) is 12.1. The maximum absolute atomic E-state index is 9.88. The van der Waals surface area contributed by atoms with Gasteiger partial charge in [0.2, 0.25) is 0 Å². The molecule has 0 atom stereocenters. The second kappa shape index (κ2) is 12.2. The first-order valence-corrected chi connectivity index (χ1v) is 16.5. The minimum Gasteiger partial charge on any atom is -0.244 e. The molecule has 0 N–H and O–H groups in total. The van der Waals surface area contributed by atoms with E-state index in [1.165, 1.54) is 0 Å². The summed E-state index contributed by atoms with van der Waals surface area (Å²) in [6.45, 7) is 0. The van der Waals surface area contributed by atoms with Gasteiger partial charge < -0.3 is 0 Å². The monoisotopic (exact) mass is 637 g/mol. The number of aromatic nitrogens is 4. The van der Waals surface area contributed by atoms with Crippen molar-refractivity contribution in [3.8, 4) is 62.5 Å². The molecule has 0 aliphatic rings. The Labute approximate surface area is 288 Å². The highest BCUT2D eigenvalue weighted by atomic mass is 14.9. The van der Waals surface area contributed by atoms with Gasteiger partial charge in [-0.3, -0.25) is 0 Å². The molecule has 2 aromatic heterocycles. The van der Waals surface area contributed by atoms with Crippen molar-refractivity contribution in [3.05, 3.63) is 169 Å². The van der Waals surface area contributed by atoms with Crippen molar-refractivity contribution in [1.29, 1.82) is 5.26 Å². The van der Waals surface area contributed by atoms with Gasteiger partial charge in [0, 0.05) is 33.2 Å². The third-order valence-corrected chi connectivity index (χ3v) is 9.15. The summed E-state index contributed by atoms with van der Waals surface area (Å²) in [7, 11) is 0. The van der Waals surface area contributed by atoms with E-state index in [1.54, 1.807) is 0 Å². The topological polar surface area (TPSA) is 75.3 Å². The van der Waals surface area contributed by atoms with Crippen molar-refractivity contribution < 1.29 is 0 Å². The van der Waals surface area contributed by atoms with Gasteiger partial charge in [-0.15, -0.1) is 0 Å². The molecule has 0 amide bonds. The van der Waals surface area contributed by atoms with E-state index in [2.05, 4.69) is 84.9 Å². The molecule has 0 aliphatic heterocycles. The molecule has 50 heavy (non-hydrogen) atoms. The van der Waals surface area contributed by atoms with E-state index in [1.807, 2.05) is 84.9 Å². The molecule has 5 heteroatoms. The van der Waals surface area contributed by atoms with Gasteiger partial charge in [-0.1, -0.05) is 133 Å². The summed E-state index contributed by atoms with van der Waals surface area (Å²) < 4.78 is 0. The number of benzene rings is 7. The standard InChI is InChI=1S/C45H27N5/c46-28-31-17-11-21-33-32(31)20-12-22-36(33)43-44(48-40-24-10-9-23-39(40)47-43)37-25-26-38(35-19-8-7-18-34(35)37)45-49-41(29-13-3-1-4-14-29)27-42(50-45)30-15-5-2-6-16-30/h1-27H. The summed E-state index contributed by atoms with van der Waals surface area (Å²) in [5.41, 5.74) is 10.3. The predicted molar refractivity (Wildman–Crippen MR) is 202 cm³/mol. The van der Waals surface area contributed by atoms with Crippen molar-refractivity contribution >= 4 is 32.6 Å². The van der Waals surface area contributed by atoms with E-state index >= 15 is 0 Å². The molecular formula is C45H27N5. The third-order valence-electron chi connectivity index (χ3n) is 9.15. The number of para-hydroxylation sites is 2. The van der Waals surface area contributed by atoms with Crippen LogP contribution in [0.25, 0.3) is 89.0 Å². The second-order valence-corrected chi connectivity index (χ2v) is 12.1. The fraction of sp³-hybridized carbons (Fsp3) is 0. The van der Waals surface area contributed by atoms with Gasteiger partial charge in [-0.05, 0) is 46.5 Å². The highest BCUT2D eigenvalue weighted by molar-refractivity contribution is 6.08. The lowest BCUT2D eigenvalue weighted by Gasteiger charge is -2.16. The van der Waals surface area contributed by atoms with Crippen LogP contribution in [0.15, 0.2) is 164 Å². The van der Waals surface area contributed by atoms with E-state index in [0.29, 0.717) is 11.4 Å². The molecule has 0 saturated heterocycles. The first-order valence-electron chi connectivity index (χ1n) is 16.5. The fourth-order valence-electron chi connectivity index (χ4n) is 6.77. The van der Waals surface area contributed by atoms with Crippen LogP contribution in [0.4, 0.5) is 0 Å². The Hall–Kier alpha value is -7.03. The number of nitrogens with zero attached hydrogens (tertiary/aromatic N) is 5. The number of rotatable bonds is 5. The molecular weight excluding hydrogens is 611 g/mol. The summed E-state index contributed by atoms with van der Waals surface area (Å²) >= 11 is 0. The lowest BCUT2D eigenvalue weighted by atomic mass is 9.92. The molecule has 0 radical (unpaired) electrons. The van der Waals surface area contributed by atoms with Crippen LogP contribution in [-0.2, 0) is 0 Å². The Morgan fingerprint density at radius 3 is 1.46 bits per heavy atom. The lowest BCUT2D eigenvalue weighted by molar-refractivity contribution is 1.19. The van der Waals surface area contributed by atoms with Crippen LogP contribution in [-0.4, -0.2) is 19.9 Å². The molecule has 0 saturated carbocycles. The maximum Gasteiger partial charge on any atom is 0.161 e. The first kappa shape index (κ1) is 29.1. The highest BCUT2D eigenvalue weighted by Gasteiger charge is 2.20. The molecule has 0 bridgehead atoms. The fourth-order valence-corrected chi connectivity index (χ4v) is 6.77. The Morgan fingerprint density at radius 2 is 0.840 bits per heavy atom. The van der Waals surface area contributed by atoms with Crippen LogP contribution in [0.5, 0.6) is 0 Å². The van der Waals surface area contributed by atoms with Gasteiger partial charge in [0.05, 0.1) is 45.4 Å². The van der Waals surface area contributed by atoms with Crippen molar-refractivity contribution in [2.24, 2.45) is 0 Å². The van der Waals surface area contributed by atoms with Crippen LogP contribution >= 0.6 is 0 Å². The average Bonchev–Trinajstić information content (AvgIpc) is 3.20. The third kappa shape index (κ3) is 5.04. The summed E-state index contributed by atoms with van der Waals surface area (Å²) in [6, 6.07) is 57.3. The van der Waals surface area contributed by atoms with Gasteiger partial charge >= 0.3 is 0 Å². The van der Waals surface area contributed by atoms with Gasteiger partial charge in [0.25, 0.3) is 0 Å². The Kier molecular flexibility index (Phi) is 7.11. The van der Waals surface area contributed by atoms with Gasteiger partial charge in [0.15, 0.2) is 5.82 Å². The van der Waals surface area contributed by atoms with E-state index < -0.39 is 0 Å². The van der Waals surface area contributed by atoms with E-state index in [-0.39, 0.29) is 0 Å². The van der Waals surface area contributed by atoms with Crippen LogP contribution in [0, 0.1) is 11.3 Å². The van der Waals surface area contributed by atoms with E-state index in [9.17, 15) is 5.26 Å². The minimum absolute atomic E-state index is 0.627. The predicted octanol–water partition coefficient (Wildman–Crippen LogP) is 10.9. The minimum atomic E-state index is 0.627. The van der Waals surface area contributed by atoms with Crippen molar-refractivity contribution in [3.63, 3.8) is 0 Å². The molecule has 7 aromatic carbocycles. The molecule has 5 nitrogen and oxygen atoms in total. The molecule has 0 fully saturated rings. The largest absolute Gasteiger partial charge is 0.244 e. The number of hydrogen-bond donors (Lipinski definition) is 0. The molecule has 9 rings (SSSR count). The van der Waals surface area contributed by atoms with Gasteiger partial charge in [-0.2, -0.15) is 5.26 Å². The molecule has 0 spiro atoms. The van der Waals surface area contributed by atoms with Crippen molar-refractivity contribution in [1.82, 2.24) is 19.9 Å². The number of fused-ring (bicyclic) bond motifs is 3. The SMILES string of the molecule is N#Cc1cccc2c(-c3nc4ccccc4nc3-c3ccc(-c4nc(-c5ccccc5)cc(-c5ccccc5)n4)c4ccccc34)cccc12. The first-order chi connectivity index (χ1) is 24.7. The van der Waals surface area contributed by atoms with Gasteiger partial charge in [-0.25, -0.2) is 19.9 Å². The number of nitriles is 1. The van der Waals surface area contributed by atoms with Gasteiger partial charge in [0.1, 0.15) is 0 Å². The summed E-state index contributed by atoms with van der Waals surface area (Å²) in [5.74, 6) is 0.649. The average molecular weight is 638 g/mol. The zero-order valence-electron chi connectivity index (χ0n) is 26.8. The molecule has 0 unspecified atom stereocenters. The zero-order chi connectivity index (χ0) is 33.4. The van der Waals surface area contributed by atoms with E-state index in [4.69, 9.17) is 19.9 Å². The van der Waals surface area contributed by atoms with E-state index in [0.717, 1.165) is 83.2 Å². The Bertz CT molecular complexity index is 2710. The van der Waals surface area contributed by atoms with Crippen molar-refractivity contribution in [2.45, 2.75) is 0 Å². The van der Waals surface area contributed by atoms with Crippen LogP contribution in [0.1, 0.15) is 5.56 Å². The highest BCUT2D eigenvalue weighted by Crippen LogP contribution is 2.41. The normalized spacial score (nSPS) is 11.2. The molecule has 0 aliphatic carbocycles. The molecule has 9 aromatic rings. The molecule has 2 heterocycles.